The molecule has 0 atom stereocenters. The molecule has 2 aromatic rings. The molecular formula is C18H24O2. The molecule has 0 bridgehead atoms. The second-order valence-corrected chi connectivity index (χ2v) is 4.51. The van der Waals surface area contributed by atoms with Crippen molar-refractivity contribution in [2.24, 2.45) is 0 Å². The normalized spacial score (nSPS) is 9.50. The zero-order chi connectivity index (χ0) is 15.1. The number of ether oxygens (including phenoxy) is 2. The molecule has 0 amide bonds. The van der Waals surface area contributed by atoms with E-state index in [0.29, 0.717) is 0 Å². The van der Waals surface area contributed by atoms with Gasteiger partial charge in [0, 0.05) is 0 Å². The fraction of sp³-hybridized carbons (Fsp3) is 0.333. The van der Waals surface area contributed by atoms with Crippen LogP contribution in [0.25, 0.3) is 0 Å². The molecule has 0 saturated carbocycles. The van der Waals surface area contributed by atoms with E-state index in [9.17, 15) is 0 Å². The Balaban J connectivity index is 0.000000956. The van der Waals surface area contributed by atoms with E-state index >= 15 is 0 Å². The maximum atomic E-state index is 5.84. The van der Waals surface area contributed by atoms with E-state index in [4.69, 9.17) is 9.47 Å². The molecule has 2 rings (SSSR count). The van der Waals surface area contributed by atoms with Crippen LogP contribution < -0.4 is 9.47 Å². The van der Waals surface area contributed by atoms with Gasteiger partial charge in [0.25, 0.3) is 0 Å². The molecule has 108 valence electrons. The van der Waals surface area contributed by atoms with Crippen molar-refractivity contribution >= 4 is 0 Å². The lowest BCUT2D eigenvalue weighted by Crippen LogP contribution is -1.93. The number of rotatable bonds is 3. The molecule has 0 unspecified atom stereocenters. The number of methoxy groups -OCH3 is 1. The first-order valence-corrected chi connectivity index (χ1v) is 7.00. The van der Waals surface area contributed by atoms with Crippen LogP contribution in [0.2, 0.25) is 0 Å². The van der Waals surface area contributed by atoms with Crippen LogP contribution in [0.4, 0.5) is 0 Å². The average molecular weight is 272 g/mol. The van der Waals surface area contributed by atoms with Crippen LogP contribution in [-0.4, -0.2) is 7.11 Å². The molecule has 0 aromatic heterocycles. The average Bonchev–Trinajstić information content (AvgIpc) is 2.43. The predicted octanol–water partition coefficient (Wildman–Crippen LogP) is 5.44. The minimum atomic E-state index is 0.842. The third-order valence-corrected chi connectivity index (χ3v) is 2.89. The molecule has 0 fully saturated rings. The summed E-state index contributed by atoms with van der Waals surface area (Å²) in [6.07, 6.45) is 0. The van der Waals surface area contributed by atoms with Crippen molar-refractivity contribution in [3.05, 3.63) is 53.1 Å². The number of hydrogen-bond acceptors (Lipinski definition) is 2. The Morgan fingerprint density at radius 1 is 0.750 bits per heavy atom. The Kier molecular flexibility index (Phi) is 6.10. The van der Waals surface area contributed by atoms with Gasteiger partial charge in [-0.15, -0.1) is 0 Å². The summed E-state index contributed by atoms with van der Waals surface area (Å²) in [5, 5.41) is 0. The SMILES string of the molecule is CC.COc1c(C)cc(Oc2ccc(C)cc2)cc1C. The quantitative estimate of drug-likeness (QED) is 0.740. The summed E-state index contributed by atoms with van der Waals surface area (Å²) in [5.41, 5.74) is 3.39. The molecule has 2 aromatic carbocycles. The van der Waals surface area contributed by atoms with E-state index in [1.807, 2.05) is 64.1 Å². The van der Waals surface area contributed by atoms with Crippen LogP contribution >= 0.6 is 0 Å². The molecule has 0 aliphatic carbocycles. The lowest BCUT2D eigenvalue weighted by atomic mass is 10.1. The van der Waals surface area contributed by atoms with Crippen molar-refractivity contribution in [3.63, 3.8) is 0 Å². The van der Waals surface area contributed by atoms with Gasteiger partial charge in [-0.2, -0.15) is 0 Å². The highest BCUT2D eigenvalue weighted by Gasteiger charge is 2.06. The van der Waals surface area contributed by atoms with Crippen molar-refractivity contribution in [1.29, 1.82) is 0 Å². The summed E-state index contributed by atoms with van der Waals surface area (Å²) in [5.74, 6) is 2.62. The maximum absolute atomic E-state index is 5.84. The molecule has 20 heavy (non-hydrogen) atoms. The Morgan fingerprint density at radius 2 is 1.25 bits per heavy atom. The van der Waals surface area contributed by atoms with E-state index in [1.54, 1.807) is 7.11 Å². The van der Waals surface area contributed by atoms with Gasteiger partial charge in [0.15, 0.2) is 0 Å². The highest BCUT2D eigenvalue weighted by Crippen LogP contribution is 2.30. The highest BCUT2D eigenvalue weighted by molar-refractivity contribution is 5.47. The Bertz CT molecular complexity index is 519. The highest BCUT2D eigenvalue weighted by atomic mass is 16.5. The van der Waals surface area contributed by atoms with Gasteiger partial charge < -0.3 is 9.47 Å². The molecule has 0 heterocycles. The topological polar surface area (TPSA) is 18.5 Å². The van der Waals surface area contributed by atoms with Crippen LogP contribution in [0.3, 0.4) is 0 Å². The van der Waals surface area contributed by atoms with Gasteiger partial charge in [0.05, 0.1) is 7.11 Å². The summed E-state index contributed by atoms with van der Waals surface area (Å²) < 4.78 is 11.2. The molecule has 0 radical (unpaired) electrons. The molecule has 0 saturated heterocycles. The summed E-state index contributed by atoms with van der Waals surface area (Å²) in [7, 11) is 1.69. The van der Waals surface area contributed by atoms with Crippen molar-refractivity contribution in [2.45, 2.75) is 34.6 Å². The van der Waals surface area contributed by atoms with Gasteiger partial charge in [-0.25, -0.2) is 0 Å². The standard InChI is InChI=1S/C16H18O2.C2H6/c1-11-5-7-14(8-6-11)18-15-9-12(2)16(17-4)13(3)10-15;1-2/h5-10H,1-4H3;1-2H3. The maximum Gasteiger partial charge on any atom is 0.128 e. The second-order valence-electron chi connectivity index (χ2n) is 4.51. The van der Waals surface area contributed by atoms with Crippen molar-refractivity contribution < 1.29 is 9.47 Å². The smallest absolute Gasteiger partial charge is 0.128 e. The van der Waals surface area contributed by atoms with Gasteiger partial charge in [-0.05, 0) is 56.2 Å². The lowest BCUT2D eigenvalue weighted by molar-refractivity contribution is 0.406. The van der Waals surface area contributed by atoms with E-state index in [1.165, 1.54) is 5.56 Å². The van der Waals surface area contributed by atoms with Gasteiger partial charge in [-0.1, -0.05) is 31.5 Å². The Hall–Kier alpha value is -1.96. The predicted molar refractivity (Wildman–Crippen MR) is 85.1 cm³/mol. The summed E-state index contributed by atoms with van der Waals surface area (Å²) in [6.45, 7) is 10.1. The summed E-state index contributed by atoms with van der Waals surface area (Å²) >= 11 is 0. The van der Waals surface area contributed by atoms with E-state index in [-0.39, 0.29) is 0 Å². The number of aryl methyl sites for hydroxylation is 3. The largest absolute Gasteiger partial charge is 0.496 e. The fourth-order valence-corrected chi connectivity index (χ4v) is 2.03. The van der Waals surface area contributed by atoms with Gasteiger partial charge in [0.1, 0.15) is 17.2 Å². The van der Waals surface area contributed by atoms with E-state index in [0.717, 1.165) is 28.4 Å². The molecule has 2 heteroatoms. The third-order valence-electron chi connectivity index (χ3n) is 2.89. The zero-order valence-electron chi connectivity index (χ0n) is 13.3. The first kappa shape index (κ1) is 16.1. The molecule has 0 spiro atoms. The summed E-state index contributed by atoms with van der Waals surface area (Å²) in [6, 6.07) is 12.0. The molecule has 2 nitrogen and oxygen atoms in total. The first-order valence-electron chi connectivity index (χ1n) is 7.00. The van der Waals surface area contributed by atoms with Crippen molar-refractivity contribution in [2.75, 3.05) is 7.11 Å². The minimum absolute atomic E-state index is 0.842. The zero-order valence-corrected chi connectivity index (χ0v) is 13.3. The van der Waals surface area contributed by atoms with Crippen LogP contribution in [-0.2, 0) is 0 Å². The molecule has 0 N–H and O–H groups in total. The molecule has 0 aliphatic rings. The van der Waals surface area contributed by atoms with Crippen LogP contribution in [0.1, 0.15) is 30.5 Å². The van der Waals surface area contributed by atoms with Gasteiger partial charge >= 0.3 is 0 Å². The minimum Gasteiger partial charge on any atom is -0.496 e. The monoisotopic (exact) mass is 272 g/mol. The van der Waals surface area contributed by atoms with Crippen LogP contribution in [0.5, 0.6) is 17.2 Å². The Morgan fingerprint density at radius 3 is 1.70 bits per heavy atom. The van der Waals surface area contributed by atoms with Crippen LogP contribution in [0.15, 0.2) is 36.4 Å². The van der Waals surface area contributed by atoms with Crippen molar-refractivity contribution in [1.82, 2.24) is 0 Å². The lowest BCUT2D eigenvalue weighted by Gasteiger charge is -2.12. The van der Waals surface area contributed by atoms with E-state index < -0.39 is 0 Å². The Labute approximate surface area is 122 Å². The number of hydrogen-bond donors (Lipinski definition) is 0. The fourth-order valence-electron chi connectivity index (χ4n) is 2.03. The summed E-state index contributed by atoms with van der Waals surface area (Å²) in [4.78, 5) is 0. The van der Waals surface area contributed by atoms with Crippen LogP contribution in [0, 0.1) is 20.8 Å². The number of benzene rings is 2. The molecular weight excluding hydrogens is 248 g/mol. The second kappa shape index (κ2) is 7.59. The third kappa shape index (κ3) is 4.02. The van der Waals surface area contributed by atoms with Crippen molar-refractivity contribution in [3.8, 4) is 17.2 Å². The van der Waals surface area contributed by atoms with Gasteiger partial charge in [-0.3, -0.25) is 0 Å². The molecule has 0 aliphatic heterocycles. The van der Waals surface area contributed by atoms with Gasteiger partial charge in [0.2, 0.25) is 0 Å². The first-order chi connectivity index (χ1) is 9.60. The van der Waals surface area contributed by atoms with E-state index in [2.05, 4.69) is 6.92 Å².